The van der Waals surface area contributed by atoms with Gasteiger partial charge in [0.15, 0.2) is 5.05 Å². The Morgan fingerprint density at radius 1 is 1.02 bits per heavy atom. The molecule has 1 unspecified atom stereocenters. The summed E-state index contributed by atoms with van der Waals surface area (Å²) < 4.78 is 50.1. The number of nitrogens with one attached hydrogen (secondary N) is 1. The molecule has 3 aromatic carbocycles. The maximum Gasteiger partial charge on any atom is 0.241 e. The molecule has 0 spiro atoms. The summed E-state index contributed by atoms with van der Waals surface area (Å²) in [5.41, 5.74) is 4.42. The van der Waals surface area contributed by atoms with Crippen LogP contribution >= 0.6 is 27.3 Å². The molecule has 0 aliphatic rings. The highest BCUT2D eigenvalue weighted by Crippen LogP contribution is 2.34. The average Bonchev–Trinajstić information content (AvgIpc) is 3.57. The zero-order valence-electron chi connectivity index (χ0n) is 24.9. The van der Waals surface area contributed by atoms with E-state index in [0.29, 0.717) is 28.7 Å². The number of hydrogen-bond donors (Lipinski definition) is 1. The highest BCUT2D eigenvalue weighted by atomic mass is 79.9. The van der Waals surface area contributed by atoms with E-state index in [1.165, 1.54) is 29.8 Å². The second kappa shape index (κ2) is 14.9. The number of benzene rings is 3. The zero-order valence-corrected chi connectivity index (χ0v) is 28.1. The van der Waals surface area contributed by atoms with Crippen LogP contribution in [0.15, 0.2) is 101 Å². The highest BCUT2D eigenvalue weighted by molar-refractivity contribution is 9.10. The molecule has 0 bridgehead atoms. The number of aromatic nitrogens is 4. The standard InChI is InChI=1S/C34H27BrFN5O4S2/c1-2-30(45-32(47(42)43)17-24-8-3-4-13-37-24)34-41-29(19-46-34)22-9-11-28-26(15-22)33(39-20-38-28)40-25-10-12-31(27(35)16-25)44-18-21-6-5-7-23(36)14-21/h3-16,19-20,30H,2,17-18H2,1H3,(H,38,39,40). The molecule has 0 amide bonds. The van der Waals surface area contributed by atoms with E-state index in [1.807, 2.05) is 54.8 Å². The molecule has 0 aliphatic heterocycles. The third kappa shape index (κ3) is 8.06. The summed E-state index contributed by atoms with van der Waals surface area (Å²) in [4.78, 5) is 18.0. The number of nitrogens with zero attached hydrogens (tertiary/aromatic N) is 4. The Kier molecular flexibility index (Phi) is 10.3. The number of thiazole rings is 1. The molecule has 0 aliphatic carbocycles. The second-order valence-electron chi connectivity index (χ2n) is 10.3. The fourth-order valence-corrected chi connectivity index (χ4v) is 6.65. The summed E-state index contributed by atoms with van der Waals surface area (Å²) in [6.45, 7) is 2.15. The SMILES string of the molecule is CCC(OC(Cc1ccccn1)=S(=O)=O)c1nc(-c2ccc3ncnc(Nc4ccc(OCc5cccc(F)c5)c(Br)c4)c3c2)cs1. The maximum atomic E-state index is 13.5. The third-order valence-electron chi connectivity index (χ3n) is 7.09. The van der Waals surface area contributed by atoms with Crippen LogP contribution in [0, 0.1) is 5.82 Å². The third-order valence-corrected chi connectivity index (χ3v) is 9.26. The molecule has 13 heteroatoms. The molecule has 3 heterocycles. The molecule has 47 heavy (non-hydrogen) atoms. The number of anilines is 2. The van der Waals surface area contributed by atoms with Crippen LogP contribution < -0.4 is 10.1 Å². The zero-order chi connectivity index (χ0) is 32.8. The molecular weight excluding hydrogens is 705 g/mol. The normalized spacial score (nSPS) is 11.7. The molecule has 6 rings (SSSR count). The van der Waals surface area contributed by atoms with E-state index in [1.54, 1.807) is 30.5 Å². The summed E-state index contributed by atoms with van der Waals surface area (Å²) in [5.74, 6) is 0.916. The molecule has 1 atom stereocenters. The minimum Gasteiger partial charge on any atom is -0.488 e. The molecule has 3 aromatic heterocycles. The molecule has 0 radical (unpaired) electrons. The van der Waals surface area contributed by atoms with Crippen LogP contribution in [-0.2, 0) is 28.1 Å². The summed E-state index contributed by atoms with van der Waals surface area (Å²) in [6.07, 6.45) is 3.17. The van der Waals surface area contributed by atoms with Crippen molar-refractivity contribution in [3.05, 3.63) is 123 Å². The van der Waals surface area contributed by atoms with Crippen molar-refractivity contribution < 1.29 is 22.3 Å². The van der Waals surface area contributed by atoms with E-state index in [-0.39, 0.29) is 23.9 Å². The van der Waals surface area contributed by atoms with Crippen molar-refractivity contribution in [3.63, 3.8) is 0 Å². The van der Waals surface area contributed by atoms with E-state index >= 15 is 0 Å². The molecule has 0 saturated carbocycles. The van der Waals surface area contributed by atoms with Crippen LogP contribution in [0.2, 0.25) is 0 Å². The van der Waals surface area contributed by atoms with Gasteiger partial charge in [-0.25, -0.2) is 19.3 Å². The van der Waals surface area contributed by atoms with Gasteiger partial charge >= 0.3 is 0 Å². The lowest BCUT2D eigenvalue weighted by Crippen LogP contribution is -2.15. The molecule has 1 N–H and O–H groups in total. The van der Waals surface area contributed by atoms with Gasteiger partial charge < -0.3 is 14.8 Å². The predicted molar refractivity (Wildman–Crippen MR) is 185 cm³/mol. The Bertz CT molecular complexity index is 2170. The fraction of sp³-hybridized carbons (Fsp3) is 0.147. The Hall–Kier alpha value is -4.56. The fourth-order valence-electron chi connectivity index (χ4n) is 4.76. The van der Waals surface area contributed by atoms with E-state index in [4.69, 9.17) is 14.5 Å². The molecular formula is C34H27BrFN5O4S2. The number of halogens is 2. The van der Waals surface area contributed by atoms with Crippen molar-refractivity contribution in [2.75, 3.05) is 5.32 Å². The summed E-state index contributed by atoms with van der Waals surface area (Å²) in [7, 11) is -2.54. The first-order valence-electron chi connectivity index (χ1n) is 14.5. The Morgan fingerprint density at radius 3 is 2.68 bits per heavy atom. The van der Waals surface area contributed by atoms with Crippen molar-refractivity contribution in [1.29, 1.82) is 0 Å². The van der Waals surface area contributed by atoms with Gasteiger partial charge in [-0.1, -0.05) is 31.2 Å². The van der Waals surface area contributed by atoms with Crippen LogP contribution in [0.3, 0.4) is 0 Å². The Labute approximate surface area is 284 Å². The first-order valence-corrected chi connectivity index (χ1v) is 17.3. The van der Waals surface area contributed by atoms with Crippen molar-refractivity contribution in [2.45, 2.75) is 32.5 Å². The first kappa shape index (κ1) is 32.4. The van der Waals surface area contributed by atoms with Crippen LogP contribution in [0.5, 0.6) is 5.75 Å². The monoisotopic (exact) mass is 731 g/mol. The lowest BCUT2D eigenvalue weighted by atomic mass is 10.1. The molecule has 0 fully saturated rings. The largest absolute Gasteiger partial charge is 0.488 e. The topological polar surface area (TPSA) is 116 Å². The molecule has 238 valence electrons. The first-order chi connectivity index (χ1) is 22.9. The predicted octanol–water partition coefficient (Wildman–Crippen LogP) is 8.09. The van der Waals surface area contributed by atoms with Crippen molar-refractivity contribution in [3.8, 4) is 17.0 Å². The van der Waals surface area contributed by atoms with Crippen molar-refractivity contribution in [1.82, 2.24) is 19.9 Å². The van der Waals surface area contributed by atoms with E-state index in [9.17, 15) is 12.8 Å². The van der Waals surface area contributed by atoms with E-state index < -0.39 is 16.4 Å². The minimum atomic E-state index is -2.54. The van der Waals surface area contributed by atoms with E-state index in [2.05, 4.69) is 36.2 Å². The smallest absolute Gasteiger partial charge is 0.241 e. The Balaban J connectivity index is 1.19. The number of hydrogen-bond acceptors (Lipinski definition) is 10. The summed E-state index contributed by atoms with van der Waals surface area (Å²) in [6, 6.07) is 23.0. The van der Waals surface area contributed by atoms with Crippen LogP contribution in [0.4, 0.5) is 15.9 Å². The number of rotatable bonds is 11. The molecule has 6 aromatic rings. The average molecular weight is 733 g/mol. The van der Waals surface area contributed by atoms with Gasteiger partial charge in [0, 0.05) is 33.9 Å². The highest BCUT2D eigenvalue weighted by Gasteiger charge is 2.20. The maximum absolute atomic E-state index is 13.5. The summed E-state index contributed by atoms with van der Waals surface area (Å²) >= 11 is 4.98. The van der Waals surface area contributed by atoms with Crippen LogP contribution in [-0.4, -0.2) is 33.4 Å². The van der Waals surface area contributed by atoms with Gasteiger partial charge in [-0.15, -0.1) is 11.3 Å². The van der Waals surface area contributed by atoms with Gasteiger partial charge in [0.1, 0.15) is 41.4 Å². The van der Waals surface area contributed by atoms with Gasteiger partial charge in [-0.2, -0.15) is 8.42 Å². The lowest BCUT2D eigenvalue weighted by molar-refractivity contribution is 0.188. The number of pyridine rings is 1. The van der Waals surface area contributed by atoms with Crippen LogP contribution in [0.25, 0.3) is 22.2 Å². The quantitative estimate of drug-likeness (QED) is 0.132. The van der Waals surface area contributed by atoms with Crippen LogP contribution in [0.1, 0.15) is 35.7 Å². The van der Waals surface area contributed by atoms with Crippen molar-refractivity contribution >= 4 is 65.0 Å². The van der Waals surface area contributed by atoms with Gasteiger partial charge in [0.25, 0.3) is 0 Å². The van der Waals surface area contributed by atoms with Gasteiger partial charge in [-0.05, 0) is 82.5 Å². The number of ether oxygens (including phenoxy) is 2. The lowest BCUT2D eigenvalue weighted by Gasteiger charge is -2.13. The van der Waals surface area contributed by atoms with Gasteiger partial charge in [-0.3, -0.25) is 4.98 Å². The van der Waals surface area contributed by atoms with Gasteiger partial charge in [0.2, 0.25) is 10.3 Å². The number of fused-ring (bicyclic) bond motifs is 1. The van der Waals surface area contributed by atoms with E-state index in [0.717, 1.165) is 37.9 Å². The molecule has 9 nitrogen and oxygen atoms in total. The second-order valence-corrected chi connectivity index (χ2v) is 13.0. The van der Waals surface area contributed by atoms with Crippen molar-refractivity contribution in [2.24, 2.45) is 0 Å². The molecule has 0 saturated heterocycles. The minimum absolute atomic E-state index is 0.0629. The summed E-state index contributed by atoms with van der Waals surface area (Å²) in [5, 5.41) is 6.67. The van der Waals surface area contributed by atoms with Gasteiger partial charge in [0.05, 0.1) is 22.1 Å². The Morgan fingerprint density at radius 2 is 1.91 bits per heavy atom.